The molecule has 0 aromatic carbocycles. The lowest BCUT2D eigenvalue weighted by atomic mass is 10.2. The Balaban J connectivity index is 2.70. The molecule has 0 aliphatic rings. The molecular formula is C14H21N3OS. The van der Waals surface area contributed by atoms with Crippen LogP contribution in [0.4, 0.5) is 0 Å². The number of amides is 1. The van der Waals surface area contributed by atoms with Crippen molar-refractivity contribution < 1.29 is 4.79 Å². The first-order valence-corrected chi connectivity index (χ1v) is 7.31. The van der Waals surface area contributed by atoms with E-state index in [-0.39, 0.29) is 12.5 Å². The number of nitrogens with zero attached hydrogens (tertiary/aromatic N) is 2. The Bertz CT molecular complexity index is 486. The number of rotatable bonds is 6. The van der Waals surface area contributed by atoms with Gasteiger partial charge >= 0.3 is 0 Å². The third-order valence-corrected chi connectivity index (χ3v) is 3.67. The third-order valence-electron chi connectivity index (χ3n) is 2.69. The quantitative estimate of drug-likeness (QED) is 0.640. The van der Waals surface area contributed by atoms with Crippen molar-refractivity contribution in [1.29, 1.82) is 0 Å². The van der Waals surface area contributed by atoms with E-state index in [1.807, 2.05) is 6.92 Å². The summed E-state index contributed by atoms with van der Waals surface area (Å²) in [5.74, 6) is 3.21. The van der Waals surface area contributed by atoms with Crippen LogP contribution in [0.5, 0.6) is 0 Å². The highest BCUT2D eigenvalue weighted by Gasteiger charge is 2.13. The van der Waals surface area contributed by atoms with Gasteiger partial charge in [0.25, 0.3) is 0 Å². The lowest BCUT2D eigenvalue weighted by Gasteiger charge is -2.12. The van der Waals surface area contributed by atoms with Crippen molar-refractivity contribution in [2.75, 3.05) is 12.3 Å². The summed E-state index contributed by atoms with van der Waals surface area (Å²) in [6.45, 7) is 9.59. The summed E-state index contributed by atoms with van der Waals surface area (Å²) in [5, 5.41) is 3.55. The number of terminal acetylenes is 1. The Labute approximate surface area is 119 Å². The molecule has 0 saturated heterocycles. The van der Waals surface area contributed by atoms with E-state index in [1.165, 1.54) is 17.5 Å². The highest BCUT2D eigenvalue weighted by atomic mass is 32.2. The molecule has 0 radical (unpaired) electrons. The van der Waals surface area contributed by atoms with Crippen molar-refractivity contribution in [2.24, 2.45) is 5.92 Å². The Hall–Kier alpha value is -1.41. The molecule has 0 unspecified atom stereocenters. The van der Waals surface area contributed by atoms with Crippen molar-refractivity contribution in [3.05, 3.63) is 11.4 Å². The second kappa shape index (κ2) is 7.25. The minimum atomic E-state index is -0.0580. The molecule has 1 N–H and O–H groups in total. The fraction of sp³-hybridized carbons (Fsp3) is 0.571. The number of carbonyl (C=O) groups is 1. The predicted molar refractivity (Wildman–Crippen MR) is 79.1 cm³/mol. The van der Waals surface area contributed by atoms with Crippen LogP contribution in [0.15, 0.2) is 5.16 Å². The first-order chi connectivity index (χ1) is 8.95. The maximum Gasteiger partial charge on any atom is 0.231 e. The van der Waals surface area contributed by atoms with Crippen LogP contribution >= 0.6 is 11.8 Å². The highest BCUT2D eigenvalue weighted by molar-refractivity contribution is 7.99. The van der Waals surface area contributed by atoms with E-state index in [0.29, 0.717) is 11.7 Å². The standard InChI is InChI=1S/C14H21N3OS/c1-6-7-15-13(18)9-19-14-16-11(4)12(5)17(14)8-10(2)3/h1,10H,7-9H2,2-5H3,(H,15,18). The van der Waals surface area contributed by atoms with Gasteiger partial charge in [-0.15, -0.1) is 6.42 Å². The minimum absolute atomic E-state index is 0.0580. The molecule has 0 spiro atoms. The van der Waals surface area contributed by atoms with Crippen LogP contribution in [0.1, 0.15) is 25.2 Å². The summed E-state index contributed by atoms with van der Waals surface area (Å²) in [7, 11) is 0. The van der Waals surface area contributed by atoms with Crippen LogP contribution in [0, 0.1) is 32.1 Å². The zero-order chi connectivity index (χ0) is 14.4. The topological polar surface area (TPSA) is 46.9 Å². The fourth-order valence-electron chi connectivity index (χ4n) is 1.64. The average molecular weight is 279 g/mol. The van der Waals surface area contributed by atoms with Crippen LogP contribution in [0.25, 0.3) is 0 Å². The SMILES string of the molecule is C#CCNC(=O)CSc1nc(C)c(C)n1CC(C)C. The number of thioether (sulfide) groups is 1. The molecule has 0 aliphatic heterocycles. The van der Waals surface area contributed by atoms with Gasteiger partial charge in [-0.3, -0.25) is 4.79 Å². The summed E-state index contributed by atoms with van der Waals surface area (Å²) in [5.41, 5.74) is 2.19. The molecule has 0 saturated carbocycles. The van der Waals surface area contributed by atoms with Gasteiger partial charge in [0.1, 0.15) is 0 Å². The Morgan fingerprint density at radius 1 is 1.53 bits per heavy atom. The molecule has 1 aromatic rings. The van der Waals surface area contributed by atoms with Gasteiger partial charge in [-0.25, -0.2) is 4.98 Å². The molecule has 0 atom stereocenters. The van der Waals surface area contributed by atoms with Gasteiger partial charge in [-0.1, -0.05) is 31.5 Å². The molecule has 0 bridgehead atoms. The third kappa shape index (κ3) is 4.64. The van der Waals surface area contributed by atoms with Gasteiger partial charge in [-0.2, -0.15) is 0 Å². The first kappa shape index (κ1) is 15.6. The summed E-state index contributed by atoms with van der Waals surface area (Å²) in [6.07, 6.45) is 5.10. The number of nitrogens with one attached hydrogen (secondary N) is 1. The largest absolute Gasteiger partial charge is 0.344 e. The first-order valence-electron chi connectivity index (χ1n) is 6.32. The maximum atomic E-state index is 11.5. The number of carbonyl (C=O) groups excluding carboxylic acids is 1. The molecule has 1 amide bonds. The summed E-state index contributed by atoms with van der Waals surface area (Å²) >= 11 is 1.45. The molecule has 104 valence electrons. The molecule has 5 heteroatoms. The monoisotopic (exact) mass is 279 g/mol. The number of hydrogen-bond donors (Lipinski definition) is 1. The molecule has 1 rings (SSSR count). The Kier molecular flexibility index (Phi) is 5.97. The summed E-state index contributed by atoms with van der Waals surface area (Å²) < 4.78 is 2.18. The van der Waals surface area contributed by atoms with E-state index in [2.05, 4.69) is 41.6 Å². The van der Waals surface area contributed by atoms with Gasteiger partial charge in [0.15, 0.2) is 5.16 Å². The van der Waals surface area contributed by atoms with Crippen molar-refractivity contribution in [2.45, 2.75) is 39.4 Å². The Morgan fingerprint density at radius 3 is 2.79 bits per heavy atom. The van der Waals surface area contributed by atoms with Crippen LogP contribution < -0.4 is 5.32 Å². The lowest BCUT2D eigenvalue weighted by molar-refractivity contribution is -0.118. The molecule has 0 fully saturated rings. The number of imidazole rings is 1. The van der Waals surface area contributed by atoms with Gasteiger partial charge in [0.2, 0.25) is 5.91 Å². The molecular weight excluding hydrogens is 258 g/mol. The second-order valence-electron chi connectivity index (χ2n) is 4.84. The van der Waals surface area contributed by atoms with Gasteiger partial charge in [-0.05, 0) is 19.8 Å². The smallest absolute Gasteiger partial charge is 0.231 e. The van der Waals surface area contributed by atoms with Gasteiger partial charge in [0, 0.05) is 12.2 Å². The number of aryl methyl sites for hydroxylation is 1. The number of hydrogen-bond acceptors (Lipinski definition) is 3. The average Bonchev–Trinajstić information content (AvgIpc) is 2.61. The van der Waals surface area contributed by atoms with E-state index >= 15 is 0 Å². The lowest BCUT2D eigenvalue weighted by Crippen LogP contribution is -2.25. The fourth-order valence-corrected chi connectivity index (χ4v) is 2.58. The zero-order valence-electron chi connectivity index (χ0n) is 12.0. The van der Waals surface area contributed by atoms with Crippen molar-refractivity contribution in [3.8, 4) is 12.3 Å². The second-order valence-corrected chi connectivity index (χ2v) is 5.78. The zero-order valence-corrected chi connectivity index (χ0v) is 12.8. The van der Waals surface area contributed by atoms with Crippen molar-refractivity contribution in [3.63, 3.8) is 0 Å². The van der Waals surface area contributed by atoms with Gasteiger partial charge < -0.3 is 9.88 Å². The van der Waals surface area contributed by atoms with E-state index < -0.39 is 0 Å². The minimum Gasteiger partial charge on any atom is -0.344 e. The van der Waals surface area contributed by atoms with Crippen molar-refractivity contribution in [1.82, 2.24) is 14.9 Å². The molecule has 4 nitrogen and oxygen atoms in total. The van der Waals surface area contributed by atoms with Crippen LogP contribution in [-0.4, -0.2) is 27.8 Å². The normalized spacial score (nSPS) is 10.5. The van der Waals surface area contributed by atoms with Crippen LogP contribution in [-0.2, 0) is 11.3 Å². The molecule has 19 heavy (non-hydrogen) atoms. The van der Waals surface area contributed by atoms with E-state index in [9.17, 15) is 4.79 Å². The number of aromatic nitrogens is 2. The van der Waals surface area contributed by atoms with E-state index in [4.69, 9.17) is 6.42 Å². The molecule has 0 aliphatic carbocycles. The maximum absolute atomic E-state index is 11.5. The van der Waals surface area contributed by atoms with Crippen LogP contribution in [0.2, 0.25) is 0 Å². The molecule has 1 aromatic heterocycles. The molecule has 1 heterocycles. The van der Waals surface area contributed by atoms with Crippen LogP contribution in [0.3, 0.4) is 0 Å². The highest BCUT2D eigenvalue weighted by Crippen LogP contribution is 2.22. The summed E-state index contributed by atoms with van der Waals surface area (Å²) in [4.78, 5) is 16.1. The summed E-state index contributed by atoms with van der Waals surface area (Å²) in [6, 6.07) is 0. The predicted octanol–water partition coefficient (Wildman–Crippen LogP) is 2.00. The van der Waals surface area contributed by atoms with Gasteiger partial charge in [0.05, 0.1) is 18.0 Å². The van der Waals surface area contributed by atoms with E-state index in [1.54, 1.807) is 0 Å². The Morgan fingerprint density at radius 2 is 2.21 bits per heavy atom. The van der Waals surface area contributed by atoms with E-state index in [0.717, 1.165) is 17.4 Å². The van der Waals surface area contributed by atoms with Crippen molar-refractivity contribution >= 4 is 17.7 Å².